The Bertz CT molecular complexity index is 342. The highest BCUT2D eigenvalue weighted by atomic mass is 32.2. The number of ether oxygens (including phenoxy) is 2. The molecule has 0 aliphatic carbocycles. The van der Waals surface area contributed by atoms with E-state index in [1.54, 1.807) is 11.8 Å². The van der Waals surface area contributed by atoms with Crippen molar-refractivity contribution in [1.82, 2.24) is 0 Å². The van der Waals surface area contributed by atoms with E-state index < -0.39 is 0 Å². The van der Waals surface area contributed by atoms with Crippen LogP contribution in [-0.4, -0.2) is 25.5 Å². The monoisotopic (exact) mass is 269 g/mol. The Hall–Kier alpha value is -0.870. The summed E-state index contributed by atoms with van der Waals surface area (Å²) in [4.78, 5) is 1.10. The highest BCUT2D eigenvalue weighted by Crippen LogP contribution is 2.39. The summed E-state index contributed by atoms with van der Waals surface area (Å²) in [6, 6.07) is 4.16. The van der Waals surface area contributed by atoms with E-state index >= 15 is 0 Å². The highest BCUT2D eigenvalue weighted by Gasteiger charge is 2.13. The van der Waals surface area contributed by atoms with Gasteiger partial charge in [-0.3, -0.25) is 0 Å². The molecule has 1 aromatic rings. The first kappa shape index (κ1) is 15.2. The van der Waals surface area contributed by atoms with E-state index in [2.05, 4.69) is 19.1 Å². The summed E-state index contributed by atoms with van der Waals surface area (Å²) in [5.74, 6) is 2.83. The van der Waals surface area contributed by atoms with Gasteiger partial charge in [-0.25, -0.2) is 0 Å². The third-order valence-electron chi connectivity index (χ3n) is 2.40. The quantitative estimate of drug-likeness (QED) is 0.737. The number of benzene rings is 1. The number of rotatable bonds is 8. The Kier molecular flexibility index (Phi) is 6.98. The molecule has 2 N–H and O–H groups in total. The van der Waals surface area contributed by atoms with Gasteiger partial charge in [-0.2, -0.15) is 0 Å². The van der Waals surface area contributed by atoms with Gasteiger partial charge < -0.3 is 15.2 Å². The van der Waals surface area contributed by atoms with Crippen LogP contribution in [0.15, 0.2) is 17.0 Å². The summed E-state index contributed by atoms with van der Waals surface area (Å²) in [7, 11) is 0. The third-order valence-corrected chi connectivity index (χ3v) is 3.38. The Morgan fingerprint density at radius 3 is 2.00 bits per heavy atom. The van der Waals surface area contributed by atoms with Crippen LogP contribution in [0.3, 0.4) is 0 Å². The molecule has 0 aromatic heterocycles. The van der Waals surface area contributed by atoms with Gasteiger partial charge in [-0.1, -0.05) is 6.92 Å². The third kappa shape index (κ3) is 4.10. The van der Waals surface area contributed by atoms with Crippen LogP contribution < -0.4 is 15.2 Å². The first-order chi connectivity index (χ1) is 8.76. The first-order valence-corrected chi connectivity index (χ1v) is 7.50. The second kappa shape index (κ2) is 8.27. The van der Waals surface area contributed by atoms with Crippen molar-refractivity contribution < 1.29 is 9.47 Å². The zero-order chi connectivity index (χ0) is 13.4. The topological polar surface area (TPSA) is 44.5 Å². The molecule has 0 unspecified atom stereocenters. The molecule has 0 saturated heterocycles. The Morgan fingerprint density at radius 1 is 1.06 bits per heavy atom. The van der Waals surface area contributed by atoms with Gasteiger partial charge in [0.25, 0.3) is 0 Å². The number of nitrogens with two attached hydrogens (primary N) is 1. The maximum atomic E-state index is 5.72. The fourth-order valence-electron chi connectivity index (χ4n) is 1.75. The second-order valence-electron chi connectivity index (χ2n) is 3.76. The van der Waals surface area contributed by atoms with Crippen molar-refractivity contribution in [3.63, 3.8) is 0 Å². The summed E-state index contributed by atoms with van der Waals surface area (Å²) >= 11 is 1.75. The van der Waals surface area contributed by atoms with Crippen molar-refractivity contribution in [3.8, 4) is 11.5 Å². The number of hydrogen-bond acceptors (Lipinski definition) is 4. The summed E-state index contributed by atoms with van der Waals surface area (Å²) in [5, 5.41) is 0. The molecule has 0 atom stereocenters. The van der Waals surface area contributed by atoms with E-state index in [4.69, 9.17) is 15.2 Å². The molecule has 0 aliphatic rings. The van der Waals surface area contributed by atoms with Crippen LogP contribution >= 0.6 is 11.8 Å². The van der Waals surface area contributed by atoms with Gasteiger partial charge in [0.05, 0.1) is 18.1 Å². The molecule has 0 fully saturated rings. The zero-order valence-corrected chi connectivity index (χ0v) is 12.3. The Labute approximate surface area is 114 Å². The van der Waals surface area contributed by atoms with Crippen molar-refractivity contribution in [2.75, 3.05) is 25.5 Å². The fraction of sp³-hybridized carbons (Fsp3) is 0.571. The van der Waals surface area contributed by atoms with Crippen molar-refractivity contribution in [2.24, 2.45) is 5.73 Å². The molecule has 0 saturated carbocycles. The van der Waals surface area contributed by atoms with Gasteiger partial charge in [0.2, 0.25) is 0 Å². The van der Waals surface area contributed by atoms with Crippen LogP contribution in [0.4, 0.5) is 0 Å². The smallest absolute Gasteiger partial charge is 0.136 e. The molecular weight excluding hydrogens is 246 g/mol. The summed E-state index contributed by atoms with van der Waals surface area (Å²) in [6.45, 7) is 8.08. The van der Waals surface area contributed by atoms with E-state index in [1.807, 2.05) is 13.8 Å². The average Bonchev–Trinajstić information content (AvgIpc) is 2.34. The lowest BCUT2D eigenvalue weighted by Gasteiger charge is -2.16. The van der Waals surface area contributed by atoms with Crippen molar-refractivity contribution in [1.29, 1.82) is 0 Å². The van der Waals surface area contributed by atoms with Crippen LogP contribution in [0.2, 0.25) is 0 Å². The summed E-state index contributed by atoms with van der Waals surface area (Å²) < 4.78 is 11.4. The van der Waals surface area contributed by atoms with E-state index in [1.165, 1.54) is 5.56 Å². The fourth-order valence-corrected chi connectivity index (χ4v) is 2.56. The number of hydrogen-bond donors (Lipinski definition) is 1. The minimum absolute atomic E-state index is 0.636. The van der Waals surface area contributed by atoms with E-state index in [9.17, 15) is 0 Å². The van der Waals surface area contributed by atoms with E-state index in [0.717, 1.165) is 28.6 Å². The average molecular weight is 269 g/mol. The van der Waals surface area contributed by atoms with Crippen molar-refractivity contribution >= 4 is 11.8 Å². The van der Waals surface area contributed by atoms with Gasteiger partial charge in [-0.15, -0.1) is 11.8 Å². The molecular formula is C14H23NO2S. The lowest BCUT2D eigenvalue weighted by atomic mass is 10.1. The standard InChI is InChI=1S/C14H23NO2S/c1-4-16-12-9-11(7-8-15)10-13(17-5-2)14(12)18-6-3/h9-10H,4-8,15H2,1-3H3. The number of thioether (sulfide) groups is 1. The predicted molar refractivity (Wildman–Crippen MR) is 77.9 cm³/mol. The minimum atomic E-state index is 0.636. The van der Waals surface area contributed by atoms with Crippen LogP contribution in [0.1, 0.15) is 26.3 Å². The van der Waals surface area contributed by atoms with Gasteiger partial charge in [-0.05, 0) is 50.3 Å². The predicted octanol–water partition coefficient (Wildman–Crippen LogP) is 3.10. The maximum absolute atomic E-state index is 5.72. The molecule has 1 aromatic carbocycles. The van der Waals surface area contributed by atoms with E-state index in [0.29, 0.717) is 19.8 Å². The Balaban J connectivity index is 3.15. The molecule has 0 heterocycles. The Morgan fingerprint density at radius 2 is 1.61 bits per heavy atom. The minimum Gasteiger partial charge on any atom is -0.493 e. The summed E-state index contributed by atoms with van der Waals surface area (Å²) in [6.07, 6.45) is 0.844. The largest absolute Gasteiger partial charge is 0.493 e. The molecule has 0 radical (unpaired) electrons. The molecule has 0 aliphatic heterocycles. The highest BCUT2D eigenvalue weighted by molar-refractivity contribution is 7.99. The maximum Gasteiger partial charge on any atom is 0.136 e. The SMILES string of the molecule is CCOc1cc(CCN)cc(OCC)c1SCC. The van der Waals surface area contributed by atoms with Crippen molar-refractivity contribution in [2.45, 2.75) is 32.1 Å². The molecule has 18 heavy (non-hydrogen) atoms. The molecule has 0 amide bonds. The molecule has 3 nitrogen and oxygen atoms in total. The normalized spacial score (nSPS) is 10.4. The van der Waals surface area contributed by atoms with Crippen LogP contribution in [0, 0.1) is 0 Å². The lowest BCUT2D eigenvalue weighted by Crippen LogP contribution is -2.05. The van der Waals surface area contributed by atoms with Crippen LogP contribution in [0.5, 0.6) is 11.5 Å². The van der Waals surface area contributed by atoms with Crippen LogP contribution in [0.25, 0.3) is 0 Å². The first-order valence-electron chi connectivity index (χ1n) is 6.52. The molecule has 102 valence electrons. The molecule has 0 spiro atoms. The van der Waals surface area contributed by atoms with Gasteiger partial charge in [0.15, 0.2) is 0 Å². The van der Waals surface area contributed by atoms with E-state index in [-0.39, 0.29) is 0 Å². The molecule has 4 heteroatoms. The summed E-state index contributed by atoms with van der Waals surface area (Å²) in [5.41, 5.74) is 6.79. The van der Waals surface area contributed by atoms with Gasteiger partial charge in [0.1, 0.15) is 11.5 Å². The van der Waals surface area contributed by atoms with Crippen molar-refractivity contribution in [3.05, 3.63) is 17.7 Å². The zero-order valence-electron chi connectivity index (χ0n) is 11.5. The second-order valence-corrected chi connectivity index (χ2v) is 5.03. The molecule has 1 rings (SSSR count). The molecule has 0 bridgehead atoms. The lowest BCUT2D eigenvalue weighted by molar-refractivity contribution is 0.308. The van der Waals surface area contributed by atoms with Crippen LogP contribution in [-0.2, 0) is 6.42 Å². The van der Waals surface area contributed by atoms with Gasteiger partial charge in [0, 0.05) is 0 Å². The van der Waals surface area contributed by atoms with Gasteiger partial charge >= 0.3 is 0 Å².